The third kappa shape index (κ3) is 4.48. The highest BCUT2D eigenvalue weighted by Crippen LogP contribution is 2.27. The van der Waals surface area contributed by atoms with Crippen LogP contribution in [0.1, 0.15) is 39.8 Å². The zero-order chi connectivity index (χ0) is 20.1. The number of nitrogens with one attached hydrogen (secondary N) is 1. The van der Waals surface area contributed by atoms with Crippen LogP contribution in [-0.2, 0) is 9.53 Å². The molecule has 0 spiro atoms. The molecule has 1 saturated heterocycles. The van der Waals surface area contributed by atoms with Crippen molar-refractivity contribution < 1.29 is 24.2 Å². The van der Waals surface area contributed by atoms with Gasteiger partial charge in [0.1, 0.15) is 11.4 Å². The van der Waals surface area contributed by atoms with Gasteiger partial charge in [-0.25, -0.2) is 9.78 Å². The predicted molar refractivity (Wildman–Crippen MR) is 105 cm³/mol. The molecule has 0 unspecified atom stereocenters. The summed E-state index contributed by atoms with van der Waals surface area (Å²) < 4.78 is 5.09. The van der Waals surface area contributed by atoms with Crippen LogP contribution in [0.15, 0.2) is 29.8 Å². The second kappa shape index (κ2) is 8.83. The highest BCUT2D eigenvalue weighted by Gasteiger charge is 2.29. The molecular weight excluding hydrogens is 382 g/mol. The van der Waals surface area contributed by atoms with Crippen molar-refractivity contribution in [3.63, 3.8) is 0 Å². The van der Waals surface area contributed by atoms with E-state index in [1.165, 1.54) is 23.6 Å². The minimum absolute atomic E-state index is 0.0199. The van der Waals surface area contributed by atoms with Crippen molar-refractivity contribution in [3.8, 4) is 0 Å². The number of pyridine rings is 1. The van der Waals surface area contributed by atoms with E-state index in [1.807, 2.05) is 0 Å². The average Bonchev–Trinajstić information content (AvgIpc) is 3.23. The van der Waals surface area contributed by atoms with Gasteiger partial charge in [-0.3, -0.25) is 9.59 Å². The van der Waals surface area contributed by atoms with Crippen LogP contribution >= 0.6 is 11.3 Å². The zero-order valence-corrected chi connectivity index (χ0v) is 16.2. The lowest BCUT2D eigenvalue weighted by molar-refractivity contribution is -0.148. The maximum absolute atomic E-state index is 12.2. The minimum atomic E-state index is -1.15. The molecule has 28 heavy (non-hydrogen) atoms. The Morgan fingerprint density at radius 2 is 2.25 bits per heavy atom. The van der Waals surface area contributed by atoms with Crippen LogP contribution in [0.2, 0.25) is 0 Å². The lowest BCUT2D eigenvalue weighted by Gasteiger charge is -2.33. The maximum atomic E-state index is 12.2. The topological polar surface area (TPSA) is 109 Å². The minimum Gasteiger partial charge on any atom is -0.478 e. The number of thiophene rings is 1. The summed E-state index contributed by atoms with van der Waals surface area (Å²) >= 11 is 1.29. The standard InChI is InChI=1S/C19H21N3O5S/c1-2-27-19(26)12-5-3-7-22(11-12)16-14(18(24)25)9-13(10-20-16)21-17(23)15-6-4-8-28-15/h4,6,8-10,12H,2-3,5,7,11H2,1H3,(H,21,23)(H,24,25)/t12-/m1/s1. The molecule has 2 aromatic rings. The third-order valence-electron chi connectivity index (χ3n) is 4.44. The first-order chi connectivity index (χ1) is 13.5. The average molecular weight is 403 g/mol. The van der Waals surface area contributed by atoms with Crippen LogP contribution in [0.5, 0.6) is 0 Å². The van der Waals surface area contributed by atoms with E-state index in [4.69, 9.17) is 4.74 Å². The summed E-state index contributed by atoms with van der Waals surface area (Å²) in [7, 11) is 0. The number of carboxylic acids is 1. The maximum Gasteiger partial charge on any atom is 0.339 e. The van der Waals surface area contributed by atoms with E-state index < -0.39 is 5.97 Å². The van der Waals surface area contributed by atoms with Crippen molar-refractivity contribution in [2.24, 2.45) is 5.92 Å². The number of carbonyl (C=O) groups excluding carboxylic acids is 2. The Morgan fingerprint density at radius 3 is 2.93 bits per heavy atom. The second-order valence-corrected chi connectivity index (χ2v) is 7.32. The number of aromatic carboxylic acids is 1. The predicted octanol–water partition coefficient (Wildman–Crippen LogP) is 2.87. The number of hydrogen-bond acceptors (Lipinski definition) is 7. The third-order valence-corrected chi connectivity index (χ3v) is 5.31. The Balaban J connectivity index is 1.80. The number of amides is 1. The number of carboxylic acid groups (broad SMARTS) is 1. The van der Waals surface area contributed by atoms with Crippen LogP contribution in [0.3, 0.4) is 0 Å². The summed E-state index contributed by atoms with van der Waals surface area (Å²) in [6, 6.07) is 4.84. The van der Waals surface area contributed by atoms with E-state index in [0.717, 1.165) is 6.42 Å². The van der Waals surface area contributed by atoms with Gasteiger partial charge in [-0.15, -0.1) is 11.3 Å². The van der Waals surface area contributed by atoms with Gasteiger partial charge in [0.15, 0.2) is 0 Å². The molecule has 3 heterocycles. The second-order valence-electron chi connectivity index (χ2n) is 6.37. The van der Waals surface area contributed by atoms with Crippen molar-refractivity contribution in [2.45, 2.75) is 19.8 Å². The monoisotopic (exact) mass is 403 g/mol. The van der Waals surface area contributed by atoms with E-state index in [0.29, 0.717) is 36.7 Å². The molecule has 0 saturated carbocycles. The van der Waals surface area contributed by atoms with Gasteiger partial charge in [-0.05, 0) is 37.3 Å². The van der Waals surface area contributed by atoms with Crippen molar-refractivity contribution in [2.75, 3.05) is 29.9 Å². The van der Waals surface area contributed by atoms with Gasteiger partial charge in [0.05, 0.1) is 29.3 Å². The van der Waals surface area contributed by atoms with Gasteiger partial charge in [0.2, 0.25) is 0 Å². The molecule has 3 rings (SSSR count). The summed E-state index contributed by atoms with van der Waals surface area (Å²) in [6.45, 7) is 3.02. The largest absolute Gasteiger partial charge is 0.478 e. The van der Waals surface area contributed by atoms with Crippen molar-refractivity contribution in [1.29, 1.82) is 0 Å². The molecule has 0 aromatic carbocycles. The Bertz CT molecular complexity index is 868. The SMILES string of the molecule is CCOC(=O)[C@@H]1CCCN(c2ncc(NC(=O)c3cccs3)cc2C(=O)O)C1. The number of nitrogens with zero attached hydrogens (tertiary/aromatic N) is 2. The first-order valence-electron chi connectivity index (χ1n) is 8.99. The molecule has 0 radical (unpaired) electrons. The first kappa shape index (κ1) is 19.8. The molecule has 8 nitrogen and oxygen atoms in total. The lowest BCUT2D eigenvalue weighted by atomic mass is 9.98. The van der Waals surface area contributed by atoms with Crippen LogP contribution < -0.4 is 10.2 Å². The van der Waals surface area contributed by atoms with Gasteiger partial charge in [-0.1, -0.05) is 6.07 Å². The van der Waals surface area contributed by atoms with Crippen molar-refractivity contribution >= 4 is 40.7 Å². The summed E-state index contributed by atoms with van der Waals surface area (Å²) in [5.41, 5.74) is 0.284. The molecule has 2 N–H and O–H groups in total. The molecule has 0 bridgehead atoms. The summed E-state index contributed by atoms with van der Waals surface area (Å²) in [4.78, 5) is 42.6. The highest BCUT2D eigenvalue weighted by atomic mass is 32.1. The number of anilines is 2. The summed E-state index contributed by atoms with van der Waals surface area (Å²) in [5, 5.41) is 14.1. The normalized spacial score (nSPS) is 16.5. The number of carbonyl (C=O) groups is 3. The van der Waals surface area contributed by atoms with E-state index in [-0.39, 0.29) is 29.2 Å². The van der Waals surface area contributed by atoms with Gasteiger partial charge >= 0.3 is 11.9 Å². The fourth-order valence-corrected chi connectivity index (χ4v) is 3.78. The van der Waals surface area contributed by atoms with Gasteiger partial charge in [-0.2, -0.15) is 0 Å². The Labute approximate surface area is 166 Å². The molecule has 1 aliphatic heterocycles. The van der Waals surface area contributed by atoms with E-state index in [1.54, 1.807) is 29.3 Å². The molecule has 1 atom stereocenters. The van der Waals surface area contributed by atoms with Crippen LogP contribution in [-0.4, -0.2) is 47.6 Å². The van der Waals surface area contributed by atoms with Crippen molar-refractivity contribution in [1.82, 2.24) is 4.98 Å². The van der Waals surface area contributed by atoms with E-state index in [2.05, 4.69) is 10.3 Å². The summed E-state index contributed by atoms with van der Waals surface area (Å²) in [6.07, 6.45) is 2.87. The quantitative estimate of drug-likeness (QED) is 0.714. The molecule has 9 heteroatoms. The fraction of sp³-hybridized carbons (Fsp3) is 0.368. The Hall–Kier alpha value is -2.94. The van der Waals surface area contributed by atoms with Crippen LogP contribution in [0.4, 0.5) is 11.5 Å². The fourth-order valence-electron chi connectivity index (χ4n) is 3.16. The summed E-state index contributed by atoms with van der Waals surface area (Å²) in [5.74, 6) is -1.76. The zero-order valence-electron chi connectivity index (χ0n) is 15.4. The molecule has 148 valence electrons. The Morgan fingerprint density at radius 1 is 1.43 bits per heavy atom. The Kier molecular flexibility index (Phi) is 6.25. The molecule has 1 amide bonds. The van der Waals surface area contributed by atoms with Crippen LogP contribution in [0.25, 0.3) is 0 Å². The molecular formula is C19H21N3O5S. The molecule has 1 fully saturated rings. The molecule has 0 aliphatic carbocycles. The number of hydrogen-bond donors (Lipinski definition) is 2. The van der Waals surface area contributed by atoms with Gasteiger partial charge in [0.25, 0.3) is 5.91 Å². The molecule has 1 aliphatic rings. The van der Waals surface area contributed by atoms with Crippen LogP contribution in [0, 0.1) is 5.92 Å². The first-order valence-corrected chi connectivity index (χ1v) is 9.87. The molecule has 2 aromatic heterocycles. The van der Waals surface area contributed by atoms with Gasteiger partial charge < -0.3 is 20.1 Å². The van der Waals surface area contributed by atoms with E-state index >= 15 is 0 Å². The van der Waals surface area contributed by atoms with Gasteiger partial charge in [0, 0.05) is 13.1 Å². The lowest BCUT2D eigenvalue weighted by Crippen LogP contribution is -2.40. The number of aromatic nitrogens is 1. The number of rotatable bonds is 6. The number of ether oxygens (including phenoxy) is 1. The number of piperidine rings is 1. The van der Waals surface area contributed by atoms with Crippen molar-refractivity contribution in [3.05, 3.63) is 40.2 Å². The van der Waals surface area contributed by atoms with E-state index in [9.17, 15) is 19.5 Å². The number of esters is 1. The smallest absolute Gasteiger partial charge is 0.339 e. The highest BCUT2D eigenvalue weighted by molar-refractivity contribution is 7.12.